The molecule has 0 aliphatic rings. The summed E-state index contributed by atoms with van der Waals surface area (Å²) in [5.74, 6) is 0.322. The summed E-state index contributed by atoms with van der Waals surface area (Å²) in [5.41, 5.74) is 1.15. The second-order valence-corrected chi connectivity index (χ2v) is 9.75. The number of thiazole rings is 1. The van der Waals surface area contributed by atoms with E-state index in [-0.39, 0.29) is 23.7 Å². The summed E-state index contributed by atoms with van der Waals surface area (Å²) in [7, 11) is -3.93. The van der Waals surface area contributed by atoms with Crippen LogP contribution in [-0.4, -0.2) is 37.4 Å². The van der Waals surface area contributed by atoms with Crippen LogP contribution in [0, 0.1) is 10.1 Å². The first kappa shape index (κ1) is 22.6. The van der Waals surface area contributed by atoms with Crippen molar-refractivity contribution in [2.45, 2.75) is 24.7 Å². The zero-order valence-corrected chi connectivity index (χ0v) is 18.4. The Kier molecular flexibility index (Phi) is 6.83. The highest BCUT2D eigenvalue weighted by atomic mass is 32.2. The molecule has 3 aromatic rings. The van der Waals surface area contributed by atoms with Crippen molar-refractivity contribution in [2.24, 2.45) is 0 Å². The van der Waals surface area contributed by atoms with Crippen molar-refractivity contribution in [3.05, 3.63) is 57.6 Å². The SMILES string of the molecule is CC(C)c1nc2ccc(NC(=O)NCCNS(=O)(=O)c3cccc([N+](=O)[O-])c3)cc2s1. The Bertz CT molecular complexity index is 1220. The maximum atomic E-state index is 12.3. The van der Waals surface area contributed by atoms with Gasteiger partial charge in [0, 0.05) is 36.8 Å². The van der Waals surface area contributed by atoms with E-state index in [4.69, 9.17) is 0 Å². The molecule has 0 fully saturated rings. The van der Waals surface area contributed by atoms with Crippen LogP contribution in [0.3, 0.4) is 0 Å². The molecule has 3 rings (SSSR count). The van der Waals surface area contributed by atoms with Crippen molar-refractivity contribution >= 4 is 49.0 Å². The van der Waals surface area contributed by atoms with Gasteiger partial charge in [-0.25, -0.2) is 22.9 Å². The fourth-order valence-electron chi connectivity index (χ4n) is 2.65. The lowest BCUT2D eigenvalue weighted by Gasteiger charge is -2.09. The molecule has 1 aromatic heterocycles. The number of benzene rings is 2. The van der Waals surface area contributed by atoms with Gasteiger partial charge in [-0.1, -0.05) is 19.9 Å². The topological polar surface area (TPSA) is 143 Å². The average molecular weight is 464 g/mol. The fraction of sp³-hybridized carbons (Fsp3) is 0.263. The standard InChI is InChI=1S/C19H21N5O5S2/c1-12(2)18-23-16-7-6-13(10-17(16)30-18)22-19(25)20-8-9-21-31(28,29)15-5-3-4-14(11-15)24(26)27/h3-7,10-12,21H,8-9H2,1-2H3,(H2,20,22,25). The minimum Gasteiger partial charge on any atom is -0.337 e. The van der Waals surface area contributed by atoms with E-state index in [1.54, 1.807) is 17.4 Å². The van der Waals surface area contributed by atoms with Crippen molar-refractivity contribution in [2.75, 3.05) is 18.4 Å². The van der Waals surface area contributed by atoms with Crippen molar-refractivity contribution in [1.82, 2.24) is 15.0 Å². The summed E-state index contributed by atoms with van der Waals surface area (Å²) in [6.45, 7) is 4.08. The van der Waals surface area contributed by atoms with E-state index in [1.807, 2.05) is 12.1 Å². The molecule has 0 unspecified atom stereocenters. The molecule has 0 spiro atoms. The van der Waals surface area contributed by atoms with Crippen molar-refractivity contribution < 1.29 is 18.1 Å². The first-order valence-electron chi connectivity index (χ1n) is 9.35. The maximum absolute atomic E-state index is 12.3. The molecule has 12 heteroatoms. The zero-order chi connectivity index (χ0) is 22.6. The number of carbonyl (C=O) groups is 1. The highest BCUT2D eigenvalue weighted by Crippen LogP contribution is 2.29. The van der Waals surface area contributed by atoms with Crippen molar-refractivity contribution in [3.63, 3.8) is 0 Å². The molecule has 31 heavy (non-hydrogen) atoms. The molecule has 0 bridgehead atoms. The van der Waals surface area contributed by atoms with Gasteiger partial charge in [-0.2, -0.15) is 0 Å². The van der Waals surface area contributed by atoms with Gasteiger partial charge in [0.25, 0.3) is 5.69 Å². The van der Waals surface area contributed by atoms with Gasteiger partial charge in [0.2, 0.25) is 10.0 Å². The maximum Gasteiger partial charge on any atom is 0.319 e. The molecule has 0 radical (unpaired) electrons. The lowest BCUT2D eigenvalue weighted by atomic mass is 10.2. The minimum atomic E-state index is -3.93. The normalized spacial score (nSPS) is 11.6. The molecule has 0 saturated carbocycles. The highest BCUT2D eigenvalue weighted by Gasteiger charge is 2.17. The number of anilines is 1. The Labute approximate surface area is 182 Å². The van der Waals surface area contributed by atoms with Crippen molar-refractivity contribution in [3.8, 4) is 0 Å². The predicted molar refractivity (Wildman–Crippen MR) is 119 cm³/mol. The number of fused-ring (bicyclic) bond motifs is 1. The zero-order valence-electron chi connectivity index (χ0n) is 16.8. The van der Waals surface area contributed by atoms with Gasteiger partial charge in [-0.3, -0.25) is 10.1 Å². The summed E-state index contributed by atoms with van der Waals surface area (Å²) in [5, 5.41) is 17.1. The lowest BCUT2D eigenvalue weighted by molar-refractivity contribution is -0.385. The number of hydrogen-bond acceptors (Lipinski definition) is 7. The number of sulfonamides is 1. The Morgan fingerprint density at radius 1 is 1.19 bits per heavy atom. The van der Waals surface area contributed by atoms with Crippen LogP contribution in [0.25, 0.3) is 10.2 Å². The molecule has 3 N–H and O–H groups in total. The van der Waals surface area contributed by atoms with Crippen LogP contribution in [0.5, 0.6) is 0 Å². The number of rotatable bonds is 8. The fourth-order valence-corrected chi connectivity index (χ4v) is 4.73. The third-order valence-electron chi connectivity index (χ3n) is 4.20. The number of nitro benzene ring substituents is 1. The van der Waals surface area contributed by atoms with Crippen LogP contribution >= 0.6 is 11.3 Å². The van der Waals surface area contributed by atoms with Crippen LogP contribution in [0.15, 0.2) is 47.4 Å². The quantitative estimate of drug-likeness (QED) is 0.265. The van der Waals surface area contributed by atoms with E-state index in [1.165, 1.54) is 18.2 Å². The minimum absolute atomic E-state index is 0.0281. The first-order valence-corrected chi connectivity index (χ1v) is 11.6. The number of nitrogens with one attached hydrogen (secondary N) is 3. The van der Waals surface area contributed by atoms with Gasteiger partial charge < -0.3 is 10.6 Å². The van der Waals surface area contributed by atoms with Crippen LogP contribution in [0.1, 0.15) is 24.8 Å². The molecule has 0 aliphatic heterocycles. The molecule has 0 saturated heterocycles. The molecule has 0 aliphatic carbocycles. The number of carbonyl (C=O) groups excluding carboxylic acids is 1. The predicted octanol–water partition coefficient (Wildman–Crippen LogP) is 3.43. The molecule has 2 aromatic carbocycles. The number of non-ortho nitro benzene ring substituents is 1. The Morgan fingerprint density at radius 3 is 2.68 bits per heavy atom. The first-order chi connectivity index (χ1) is 14.7. The van der Waals surface area contributed by atoms with Gasteiger partial charge >= 0.3 is 6.03 Å². The monoisotopic (exact) mass is 463 g/mol. The third kappa shape index (κ3) is 5.75. The highest BCUT2D eigenvalue weighted by molar-refractivity contribution is 7.89. The summed E-state index contributed by atoms with van der Waals surface area (Å²) < 4.78 is 27.8. The molecular weight excluding hydrogens is 442 g/mol. The number of amides is 2. The van der Waals surface area contributed by atoms with Gasteiger partial charge in [-0.05, 0) is 24.3 Å². The van der Waals surface area contributed by atoms with Gasteiger partial charge in [0.15, 0.2) is 0 Å². The summed E-state index contributed by atoms with van der Waals surface area (Å²) in [4.78, 5) is 26.5. The number of nitrogens with zero attached hydrogens (tertiary/aromatic N) is 2. The van der Waals surface area contributed by atoms with E-state index in [2.05, 4.69) is 34.2 Å². The molecule has 164 valence electrons. The van der Waals surface area contributed by atoms with Crippen LogP contribution in [0.2, 0.25) is 0 Å². The van der Waals surface area contributed by atoms with E-state index >= 15 is 0 Å². The van der Waals surface area contributed by atoms with Gasteiger partial charge in [0.05, 0.1) is 25.0 Å². The second-order valence-electron chi connectivity index (χ2n) is 6.92. The van der Waals surface area contributed by atoms with Crippen LogP contribution in [-0.2, 0) is 10.0 Å². The summed E-state index contributed by atoms with van der Waals surface area (Å²) in [6.07, 6.45) is 0. The van der Waals surface area contributed by atoms with Gasteiger partial charge in [-0.15, -0.1) is 11.3 Å². The number of aromatic nitrogens is 1. The summed E-state index contributed by atoms with van der Waals surface area (Å²) >= 11 is 1.57. The second kappa shape index (κ2) is 9.37. The summed E-state index contributed by atoms with van der Waals surface area (Å²) in [6, 6.07) is 9.67. The molecule has 0 atom stereocenters. The van der Waals surface area contributed by atoms with Crippen LogP contribution in [0.4, 0.5) is 16.2 Å². The smallest absolute Gasteiger partial charge is 0.319 e. The Hall–Kier alpha value is -3.09. The average Bonchev–Trinajstić information content (AvgIpc) is 3.15. The van der Waals surface area contributed by atoms with Crippen molar-refractivity contribution in [1.29, 1.82) is 0 Å². The van der Waals surface area contributed by atoms with E-state index < -0.39 is 21.0 Å². The van der Waals surface area contributed by atoms with E-state index in [0.717, 1.165) is 21.3 Å². The third-order valence-corrected chi connectivity index (χ3v) is 6.98. The Morgan fingerprint density at radius 2 is 1.97 bits per heavy atom. The Balaban J connectivity index is 1.51. The molecule has 2 amide bonds. The lowest BCUT2D eigenvalue weighted by Crippen LogP contribution is -2.36. The molecular formula is C19H21N5O5S2. The molecule has 10 nitrogen and oxygen atoms in total. The largest absolute Gasteiger partial charge is 0.337 e. The van der Waals surface area contributed by atoms with E-state index in [9.17, 15) is 23.3 Å². The van der Waals surface area contributed by atoms with Crippen LogP contribution < -0.4 is 15.4 Å². The van der Waals surface area contributed by atoms with E-state index in [0.29, 0.717) is 11.6 Å². The number of hydrogen-bond donors (Lipinski definition) is 3. The molecule has 1 heterocycles. The number of nitro groups is 1. The number of urea groups is 1. The van der Waals surface area contributed by atoms with Gasteiger partial charge in [0.1, 0.15) is 0 Å².